The average Bonchev–Trinajstić information content (AvgIpc) is 2.65. The molecule has 0 aliphatic carbocycles. The highest BCUT2D eigenvalue weighted by Crippen LogP contribution is 2.28. The molecule has 2 N–H and O–H groups in total. The molecule has 0 spiro atoms. The summed E-state index contributed by atoms with van der Waals surface area (Å²) >= 11 is 0. The highest BCUT2D eigenvalue weighted by Gasteiger charge is 2.14. The Hall–Kier alpha value is -2.99. The fourth-order valence-corrected chi connectivity index (χ4v) is 3.79. The van der Waals surface area contributed by atoms with E-state index in [1.54, 1.807) is 30.3 Å². The van der Waals surface area contributed by atoms with Gasteiger partial charge < -0.3 is 10.1 Å². The lowest BCUT2D eigenvalue weighted by molar-refractivity contribution is 0.342. The summed E-state index contributed by atoms with van der Waals surface area (Å²) in [6, 6.07) is 21.6. The molecule has 0 heterocycles. The first-order valence-corrected chi connectivity index (χ1v) is 10.1. The third-order valence-electron chi connectivity index (χ3n) is 3.90. The normalized spacial score (nSPS) is 11.0. The lowest BCUT2D eigenvalue weighted by atomic mass is 10.2. The van der Waals surface area contributed by atoms with Gasteiger partial charge in [-0.3, -0.25) is 4.72 Å². The SMILES string of the molecule is CCOc1ccccc1Nc1ccc(NS(=O)(=O)c2cccc(C)c2)cc1. The van der Waals surface area contributed by atoms with Gasteiger partial charge in [-0.05, 0) is 67.9 Å². The number of hydrogen-bond acceptors (Lipinski definition) is 4. The highest BCUT2D eigenvalue weighted by molar-refractivity contribution is 7.92. The van der Waals surface area contributed by atoms with Crippen LogP contribution in [0.15, 0.2) is 77.7 Å². The van der Waals surface area contributed by atoms with Crippen LogP contribution in [0.4, 0.5) is 17.1 Å². The van der Waals surface area contributed by atoms with Gasteiger partial charge >= 0.3 is 0 Å². The van der Waals surface area contributed by atoms with E-state index in [2.05, 4.69) is 10.0 Å². The molecule has 0 fully saturated rings. The lowest BCUT2D eigenvalue weighted by Gasteiger charge is -2.13. The van der Waals surface area contributed by atoms with Crippen LogP contribution in [0.1, 0.15) is 12.5 Å². The van der Waals surface area contributed by atoms with Crippen molar-refractivity contribution >= 4 is 27.1 Å². The van der Waals surface area contributed by atoms with Crippen molar-refractivity contribution in [3.63, 3.8) is 0 Å². The van der Waals surface area contributed by atoms with E-state index in [4.69, 9.17) is 4.74 Å². The van der Waals surface area contributed by atoms with Crippen LogP contribution in [0.25, 0.3) is 0 Å². The van der Waals surface area contributed by atoms with Crippen LogP contribution >= 0.6 is 0 Å². The summed E-state index contributed by atoms with van der Waals surface area (Å²) in [5, 5.41) is 3.28. The maximum absolute atomic E-state index is 12.5. The number of sulfonamides is 1. The first kappa shape index (κ1) is 18.8. The largest absolute Gasteiger partial charge is 0.492 e. The van der Waals surface area contributed by atoms with Crippen molar-refractivity contribution in [3.8, 4) is 5.75 Å². The standard InChI is InChI=1S/C21H22N2O3S/c1-3-26-21-10-5-4-9-20(21)22-17-11-13-18(14-12-17)23-27(24,25)19-8-6-7-16(2)15-19/h4-15,22-23H,3H2,1-2H3. The van der Waals surface area contributed by atoms with Crippen molar-refractivity contribution in [1.29, 1.82) is 0 Å². The molecule has 0 aromatic heterocycles. The van der Waals surface area contributed by atoms with Gasteiger partial charge in [0.25, 0.3) is 10.0 Å². The van der Waals surface area contributed by atoms with E-state index in [0.29, 0.717) is 12.3 Å². The second-order valence-corrected chi connectivity index (χ2v) is 7.74. The number of para-hydroxylation sites is 2. The summed E-state index contributed by atoms with van der Waals surface area (Å²) < 4.78 is 33.2. The molecule has 3 aromatic rings. The predicted molar refractivity (Wildman–Crippen MR) is 109 cm³/mol. The quantitative estimate of drug-likeness (QED) is 0.607. The van der Waals surface area contributed by atoms with Gasteiger partial charge in [-0.2, -0.15) is 0 Å². The monoisotopic (exact) mass is 382 g/mol. The second kappa shape index (κ2) is 8.14. The maximum atomic E-state index is 12.5. The molecule has 0 bridgehead atoms. The van der Waals surface area contributed by atoms with Gasteiger partial charge in [-0.15, -0.1) is 0 Å². The Kier molecular flexibility index (Phi) is 5.66. The molecule has 0 aliphatic heterocycles. The molecule has 140 valence electrons. The number of nitrogens with one attached hydrogen (secondary N) is 2. The molecule has 0 unspecified atom stereocenters. The van der Waals surface area contributed by atoms with Crippen LogP contribution < -0.4 is 14.8 Å². The molecule has 0 atom stereocenters. The number of rotatable bonds is 7. The van der Waals surface area contributed by atoms with Gasteiger partial charge in [0, 0.05) is 11.4 Å². The third-order valence-corrected chi connectivity index (χ3v) is 5.28. The predicted octanol–water partition coefficient (Wildman–Crippen LogP) is 4.94. The Labute approximate surface area is 160 Å². The summed E-state index contributed by atoms with van der Waals surface area (Å²) in [7, 11) is -3.61. The first-order chi connectivity index (χ1) is 13.0. The van der Waals surface area contributed by atoms with Gasteiger partial charge in [0.1, 0.15) is 5.75 Å². The van der Waals surface area contributed by atoms with E-state index in [1.165, 1.54) is 0 Å². The Morgan fingerprint density at radius 2 is 1.59 bits per heavy atom. The van der Waals surface area contributed by atoms with Crippen LogP contribution in [0.2, 0.25) is 0 Å². The van der Waals surface area contributed by atoms with Crippen LogP contribution in [0.3, 0.4) is 0 Å². The Bertz CT molecular complexity index is 1020. The van der Waals surface area contributed by atoms with E-state index in [9.17, 15) is 8.42 Å². The van der Waals surface area contributed by atoms with Crippen molar-refractivity contribution in [2.45, 2.75) is 18.7 Å². The number of aryl methyl sites for hydroxylation is 1. The molecule has 0 radical (unpaired) electrons. The smallest absolute Gasteiger partial charge is 0.261 e. The van der Waals surface area contributed by atoms with E-state index in [1.807, 2.05) is 56.3 Å². The third kappa shape index (κ3) is 4.80. The first-order valence-electron chi connectivity index (χ1n) is 8.66. The average molecular weight is 382 g/mol. The van der Waals surface area contributed by atoms with E-state index in [0.717, 1.165) is 22.7 Å². The summed E-state index contributed by atoms with van der Waals surface area (Å²) in [6.45, 7) is 4.38. The molecule has 5 nitrogen and oxygen atoms in total. The van der Waals surface area contributed by atoms with Crippen molar-refractivity contribution in [3.05, 3.63) is 78.4 Å². The van der Waals surface area contributed by atoms with Gasteiger partial charge in [0.05, 0.1) is 17.2 Å². The minimum atomic E-state index is -3.61. The maximum Gasteiger partial charge on any atom is 0.261 e. The summed E-state index contributed by atoms with van der Waals surface area (Å²) in [5.74, 6) is 0.768. The summed E-state index contributed by atoms with van der Waals surface area (Å²) in [6.07, 6.45) is 0. The second-order valence-electron chi connectivity index (χ2n) is 6.05. The molecule has 0 amide bonds. The van der Waals surface area contributed by atoms with Crippen molar-refractivity contribution < 1.29 is 13.2 Å². The summed E-state index contributed by atoms with van der Waals surface area (Å²) in [4.78, 5) is 0.246. The molecule has 0 saturated heterocycles. The molecule has 3 aromatic carbocycles. The van der Waals surface area contributed by atoms with Crippen LogP contribution in [-0.4, -0.2) is 15.0 Å². The highest BCUT2D eigenvalue weighted by atomic mass is 32.2. The Morgan fingerprint density at radius 3 is 2.30 bits per heavy atom. The molecule has 3 rings (SSSR count). The van der Waals surface area contributed by atoms with E-state index < -0.39 is 10.0 Å². The fourth-order valence-electron chi connectivity index (χ4n) is 2.62. The molecular formula is C21H22N2O3S. The molecule has 0 saturated carbocycles. The molecule has 0 aliphatic rings. The minimum absolute atomic E-state index is 0.246. The van der Waals surface area contributed by atoms with Gasteiger partial charge in [-0.25, -0.2) is 8.42 Å². The lowest BCUT2D eigenvalue weighted by Crippen LogP contribution is -2.13. The number of ether oxygens (including phenoxy) is 1. The molecule has 27 heavy (non-hydrogen) atoms. The topological polar surface area (TPSA) is 67.4 Å². The van der Waals surface area contributed by atoms with E-state index >= 15 is 0 Å². The van der Waals surface area contributed by atoms with Crippen LogP contribution in [0.5, 0.6) is 5.75 Å². The van der Waals surface area contributed by atoms with Gasteiger partial charge in [0.15, 0.2) is 0 Å². The van der Waals surface area contributed by atoms with Crippen molar-refractivity contribution in [2.75, 3.05) is 16.6 Å². The van der Waals surface area contributed by atoms with Crippen molar-refractivity contribution in [1.82, 2.24) is 0 Å². The number of benzene rings is 3. The Balaban J connectivity index is 1.74. The van der Waals surface area contributed by atoms with Gasteiger partial charge in [-0.1, -0.05) is 24.3 Å². The zero-order chi connectivity index (χ0) is 19.3. The van der Waals surface area contributed by atoms with E-state index in [-0.39, 0.29) is 4.90 Å². The Morgan fingerprint density at radius 1 is 0.889 bits per heavy atom. The zero-order valence-corrected chi connectivity index (χ0v) is 16.1. The van der Waals surface area contributed by atoms with Gasteiger partial charge in [0.2, 0.25) is 0 Å². The fraction of sp³-hybridized carbons (Fsp3) is 0.143. The number of anilines is 3. The zero-order valence-electron chi connectivity index (χ0n) is 15.3. The van der Waals surface area contributed by atoms with Crippen molar-refractivity contribution in [2.24, 2.45) is 0 Å². The summed E-state index contributed by atoms with van der Waals surface area (Å²) in [5.41, 5.74) is 3.08. The van der Waals surface area contributed by atoms with Crippen LogP contribution in [0, 0.1) is 6.92 Å². The number of hydrogen-bond donors (Lipinski definition) is 2. The minimum Gasteiger partial charge on any atom is -0.492 e. The van der Waals surface area contributed by atoms with Crippen LogP contribution in [-0.2, 0) is 10.0 Å². The molecular weight excluding hydrogens is 360 g/mol. The molecule has 6 heteroatoms.